The van der Waals surface area contributed by atoms with Gasteiger partial charge < -0.3 is 9.47 Å². The smallest absolute Gasteiger partial charge is 0.281 e. The summed E-state index contributed by atoms with van der Waals surface area (Å²) in [6.45, 7) is 4.35. The molecule has 1 atom stereocenters. The zero-order valence-electron chi connectivity index (χ0n) is 16.7. The van der Waals surface area contributed by atoms with Crippen LogP contribution in [0.4, 0.5) is 0 Å². The third-order valence-electron chi connectivity index (χ3n) is 4.41. The quantitative estimate of drug-likeness (QED) is 0.282. The standard InChI is InChI=1S/C23H22Br2N2O3/c1-3-19(30-21-11-9-15-7-5-6-8-18(15)22(21)25)23(28)27-26-14-16-13-17(24)10-12-20(16)29-4-2/h5-14,19H,3-4H2,1-2H3,(H,27,28)/b26-14+. The minimum absolute atomic E-state index is 0.318. The van der Waals surface area contributed by atoms with E-state index in [-0.39, 0.29) is 5.91 Å². The van der Waals surface area contributed by atoms with E-state index in [4.69, 9.17) is 9.47 Å². The van der Waals surface area contributed by atoms with Crippen LogP contribution < -0.4 is 14.9 Å². The first kappa shape index (κ1) is 22.3. The molecule has 0 fully saturated rings. The number of hydrogen-bond donors (Lipinski definition) is 1. The molecule has 3 aromatic rings. The Morgan fingerprint density at radius 3 is 2.63 bits per heavy atom. The molecular formula is C23H22Br2N2O3. The number of ether oxygens (including phenoxy) is 2. The second kappa shape index (κ2) is 10.6. The Balaban J connectivity index is 1.71. The summed E-state index contributed by atoms with van der Waals surface area (Å²) in [5, 5.41) is 6.22. The molecule has 0 spiro atoms. The molecule has 0 aliphatic heterocycles. The second-order valence-corrected chi connectivity index (χ2v) is 8.17. The van der Waals surface area contributed by atoms with Gasteiger partial charge in [0.05, 0.1) is 17.3 Å². The normalized spacial score (nSPS) is 12.1. The minimum Gasteiger partial charge on any atom is -0.493 e. The van der Waals surface area contributed by atoms with Crippen molar-refractivity contribution in [3.63, 3.8) is 0 Å². The summed E-state index contributed by atoms with van der Waals surface area (Å²) in [5.41, 5.74) is 3.33. The molecule has 3 rings (SSSR count). The van der Waals surface area contributed by atoms with Gasteiger partial charge in [0.1, 0.15) is 11.5 Å². The lowest BCUT2D eigenvalue weighted by molar-refractivity contribution is -0.128. The van der Waals surface area contributed by atoms with Crippen molar-refractivity contribution in [3.8, 4) is 11.5 Å². The molecule has 1 amide bonds. The van der Waals surface area contributed by atoms with Crippen molar-refractivity contribution in [1.82, 2.24) is 5.43 Å². The maximum absolute atomic E-state index is 12.6. The van der Waals surface area contributed by atoms with Crippen LogP contribution in [0.25, 0.3) is 10.8 Å². The Kier molecular flexibility index (Phi) is 7.87. The lowest BCUT2D eigenvalue weighted by atomic mass is 10.1. The number of fused-ring (bicyclic) bond motifs is 1. The summed E-state index contributed by atoms with van der Waals surface area (Å²) in [6, 6.07) is 17.4. The van der Waals surface area contributed by atoms with Gasteiger partial charge in [-0.05, 0) is 64.3 Å². The Morgan fingerprint density at radius 1 is 1.10 bits per heavy atom. The largest absolute Gasteiger partial charge is 0.493 e. The number of nitrogens with one attached hydrogen (secondary N) is 1. The summed E-state index contributed by atoms with van der Waals surface area (Å²) < 4.78 is 13.3. The van der Waals surface area contributed by atoms with Crippen LogP contribution in [-0.4, -0.2) is 24.8 Å². The van der Waals surface area contributed by atoms with E-state index in [2.05, 4.69) is 42.4 Å². The van der Waals surface area contributed by atoms with Gasteiger partial charge >= 0.3 is 0 Å². The van der Waals surface area contributed by atoms with E-state index in [0.717, 1.165) is 25.3 Å². The van der Waals surface area contributed by atoms with Crippen LogP contribution in [0.15, 0.2) is 68.6 Å². The molecule has 156 valence electrons. The van der Waals surface area contributed by atoms with Crippen LogP contribution in [0.1, 0.15) is 25.8 Å². The summed E-state index contributed by atoms with van der Waals surface area (Å²) in [7, 11) is 0. The zero-order chi connectivity index (χ0) is 21.5. The van der Waals surface area contributed by atoms with Gasteiger partial charge in [-0.3, -0.25) is 4.79 Å². The number of carbonyl (C=O) groups excluding carboxylic acids is 1. The third kappa shape index (κ3) is 5.40. The highest BCUT2D eigenvalue weighted by atomic mass is 79.9. The first-order valence-electron chi connectivity index (χ1n) is 9.62. The molecule has 0 aliphatic rings. The lowest BCUT2D eigenvalue weighted by Crippen LogP contribution is -2.35. The van der Waals surface area contributed by atoms with Crippen LogP contribution in [0, 0.1) is 0 Å². The maximum atomic E-state index is 12.6. The number of nitrogens with zero attached hydrogens (tertiary/aromatic N) is 1. The van der Waals surface area contributed by atoms with Crippen LogP contribution >= 0.6 is 31.9 Å². The van der Waals surface area contributed by atoms with Crippen molar-refractivity contribution >= 4 is 54.8 Å². The van der Waals surface area contributed by atoms with E-state index < -0.39 is 6.10 Å². The molecule has 0 aliphatic carbocycles. The van der Waals surface area contributed by atoms with E-state index >= 15 is 0 Å². The topological polar surface area (TPSA) is 59.9 Å². The molecular weight excluding hydrogens is 512 g/mol. The molecule has 3 aromatic carbocycles. The molecule has 0 heterocycles. The van der Waals surface area contributed by atoms with Gasteiger partial charge in [-0.15, -0.1) is 0 Å². The zero-order valence-corrected chi connectivity index (χ0v) is 19.9. The first-order chi connectivity index (χ1) is 14.5. The molecule has 0 saturated heterocycles. The monoisotopic (exact) mass is 532 g/mol. The first-order valence-corrected chi connectivity index (χ1v) is 11.2. The van der Waals surface area contributed by atoms with E-state index in [9.17, 15) is 4.79 Å². The van der Waals surface area contributed by atoms with Crippen LogP contribution in [0.2, 0.25) is 0 Å². The summed E-state index contributed by atoms with van der Waals surface area (Å²) in [6.07, 6.45) is 1.39. The molecule has 0 saturated carbocycles. The fourth-order valence-corrected chi connectivity index (χ4v) is 3.89. The van der Waals surface area contributed by atoms with Gasteiger partial charge in [0, 0.05) is 10.0 Å². The maximum Gasteiger partial charge on any atom is 0.281 e. The highest BCUT2D eigenvalue weighted by Crippen LogP contribution is 2.33. The Labute approximate surface area is 192 Å². The van der Waals surface area contributed by atoms with Crippen molar-refractivity contribution in [2.24, 2.45) is 5.10 Å². The number of rotatable bonds is 8. The minimum atomic E-state index is -0.673. The highest BCUT2D eigenvalue weighted by Gasteiger charge is 2.19. The van der Waals surface area contributed by atoms with E-state index in [1.165, 1.54) is 0 Å². The van der Waals surface area contributed by atoms with Gasteiger partial charge in [0.2, 0.25) is 0 Å². The summed E-state index contributed by atoms with van der Waals surface area (Å²) >= 11 is 7.03. The van der Waals surface area contributed by atoms with Gasteiger partial charge in [-0.2, -0.15) is 5.10 Å². The fourth-order valence-electron chi connectivity index (χ4n) is 2.92. The SMILES string of the molecule is CCOc1ccc(Br)cc1/C=N/NC(=O)C(CC)Oc1ccc2ccccc2c1Br. The predicted molar refractivity (Wildman–Crippen MR) is 127 cm³/mol. The van der Waals surface area contributed by atoms with Crippen molar-refractivity contribution in [3.05, 3.63) is 69.1 Å². The van der Waals surface area contributed by atoms with Gasteiger partial charge in [0.15, 0.2) is 6.10 Å². The van der Waals surface area contributed by atoms with Crippen molar-refractivity contribution < 1.29 is 14.3 Å². The van der Waals surface area contributed by atoms with E-state index in [0.29, 0.717) is 24.5 Å². The average molecular weight is 534 g/mol. The predicted octanol–water partition coefficient (Wildman–Crippen LogP) is 6.07. The molecule has 5 nitrogen and oxygen atoms in total. The molecule has 1 unspecified atom stereocenters. The molecule has 30 heavy (non-hydrogen) atoms. The Bertz CT molecular complexity index is 1070. The van der Waals surface area contributed by atoms with Crippen LogP contribution in [-0.2, 0) is 4.79 Å². The van der Waals surface area contributed by atoms with Crippen LogP contribution in [0.5, 0.6) is 11.5 Å². The van der Waals surface area contributed by atoms with Crippen molar-refractivity contribution in [2.75, 3.05) is 6.61 Å². The molecule has 7 heteroatoms. The van der Waals surface area contributed by atoms with Gasteiger partial charge in [0.25, 0.3) is 5.91 Å². The molecule has 0 bridgehead atoms. The second-order valence-electron chi connectivity index (χ2n) is 6.46. The average Bonchev–Trinajstić information content (AvgIpc) is 2.75. The van der Waals surface area contributed by atoms with Gasteiger partial charge in [-0.1, -0.05) is 53.2 Å². The Morgan fingerprint density at radius 2 is 1.87 bits per heavy atom. The molecule has 0 radical (unpaired) electrons. The fraction of sp³-hybridized carbons (Fsp3) is 0.217. The number of benzene rings is 3. The number of amides is 1. The van der Waals surface area contributed by atoms with Crippen molar-refractivity contribution in [1.29, 1.82) is 0 Å². The van der Waals surface area contributed by atoms with Crippen molar-refractivity contribution in [2.45, 2.75) is 26.4 Å². The highest BCUT2D eigenvalue weighted by molar-refractivity contribution is 9.11. The number of halogens is 2. The van der Waals surface area contributed by atoms with E-state index in [1.54, 1.807) is 6.21 Å². The van der Waals surface area contributed by atoms with Gasteiger partial charge in [-0.25, -0.2) is 5.43 Å². The third-order valence-corrected chi connectivity index (χ3v) is 5.72. The number of carbonyl (C=O) groups is 1. The summed E-state index contributed by atoms with van der Waals surface area (Å²) in [5.74, 6) is 0.995. The van der Waals surface area contributed by atoms with E-state index in [1.807, 2.05) is 68.4 Å². The number of hydrogen-bond acceptors (Lipinski definition) is 4. The summed E-state index contributed by atoms with van der Waals surface area (Å²) in [4.78, 5) is 12.6. The number of hydrazone groups is 1. The lowest BCUT2D eigenvalue weighted by Gasteiger charge is -2.17. The molecule has 0 aromatic heterocycles. The van der Waals surface area contributed by atoms with Crippen LogP contribution in [0.3, 0.4) is 0 Å². The molecule has 1 N–H and O–H groups in total. The Hall–Kier alpha value is -2.38.